The normalized spacial score (nSPS) is 17.9. The Labute approximate surface area is 138 Å². The van der Waals surface area contributed by atoms with Gasteiger partial charge in [0.2, 0.25) is 17.6 Å². The maximum atomic E-state index is 11.9. The van der Waals surface area contributed by atoms with E-state index in [4.69, 9.17) is 20.9 Å². The van der Waals surface area contributed by atoms with Crippen LogP contribution in [0.15, 0.2) is 28.8 Å². The Morgan fingerprint density at radius 2 is 2.39 bits per heavy atom. The summed E-state index contributed by atoms with van der Waals surface area (Å²) in [6.07, 6.45) is 0.356. The molecule has 1 unspecified atom stereocenters. The van der Waals surface area contributed by atoms with E-state index in [1.165, 1.54) is 0 Å². The van der Waals surface area contributed by atoms with Gasteiger partial charge in [-0.25, -0.2) is 0 Å². The Morgan fingerprint density at radius 3 is 3.17 bits per heavy atom. The van der Waals surface area contributed by atoms with Crippen molar-refractivity contribution in [3.8, 4) is 11.4 Å². The maximum Gasteiger partial charge on any atom is 0.246 e. The van der Waals surface area contributed by atoms with Crippen LogP contribution in [0.5, 0.6) is 0 Å². The lowest BCUT2D eigenvalue weighted by molar-refractivity contribution is -0.122. The molecule has 0 bridgehead atoms. The van der Waals surface area contributed by atoms with Crippen molar-refractivity contribution < 1.29 is 14.1 Å². The molecule has 23 heavy (non-hydrogen) atoms. The molecule has 0 spiro atoms. The van der Waals surface area contributed by atoms with Crippen molar-refractivity contribution in [2.24, 2.45) is 0 Å². The number of morpholine rings is 1. The van der Waals surface area contributed by atoms with Crippen molar-refractivity contribution in [1.29, 1.82) is 0 Å². The van der Waals surface area contributed by atoms with Gasteiger partial charge >= 0.3 is 0 Å². The summed E-state index contributed by atoms with van der Waals surface area (Å²) in [5.41, 5.74) is 0.766. The molecule has 7 nitrogen and oxygen atoms in total. The highest BCUT2D eigenvalue weighted by atomic mass is 35.5. The highest BCUT2D eigenvalue weighted by Gasteiger charge is 2.17. The Hall–Kier alpha value is -1.96. The maximum absolute atomic E-state index is 11.9. The monoisotopic (exact) mass is 336 g/mol. The van der Waals surface area contributed by atoms with Crippen molar-refractivity contribution in [3.05, 3.63) is 35.2 Å². The van der Waals surface area contributed by atoms with E-state index in [1.807, 2.05) is 12.1 Å². The minimum atomic E-state index is -0.0875. The molecule has 1 aromatic carbocycles. The molecule has 0 aliphatic carbocycles. The lowest BCUT2D eigenvalue weighted by atomic mass is 10.2. The minimum absolute atomic E-state index is 0.0495. The third kappa shape index (κ3) is 4.51. The number of halogens is 1. The van der Waals surface area contributed by atoms with E-state index in [9.17, 15) is 4.79 Å². The number of benzene rings is 1. The second-order valence-electron chi connectivity index (χ2n) is 5.23. The van der Waals surface area contributed by atoms with Crippen LogP contribution in [-0.2, 0) is 16.1 Å². The average molecular weight is 337 g/mol. The van der Waals surface area contributed by atoms with E-state index in [0.29, 0.717) is 36.4 Å². The molecule has 2 aromatic rings. The summed E-state index contributed by atoms with van der Waals surface area (Å²) in [5, 5.41) is 10.5. The van der Waals surface area contributed by atoms with Gasteiger partial charge in [0, 0.05) is 29.6 Å². The van der Waals surface area contributed by atoms with Crippen LogP contribution < -0.4 is 10.6 Å². The quantitative estimate of drug-likeness (QED) is 0.857. The number of ether oxygens (including phenoxy) is 1. The zero-order chi connectivity index (χ0) is 16.1. The van der Waals surface area contributed by atoms with Crippen LogP contribution in [0.4, 0.5) is 0 Å². The minimum Gasteiger partial charge on any atom is -0.378 e. The second kappa shape index (κ2) is 7.54. The fourth-order valence-electron chi connectivity index (χ4n) is 2.29. The number of carbonyl (C=O) groups excluding carboxylic acids is 1. The van der Waals surface area contributed by atoms with Gasteiger partial charge in [-0.2, -0.15) is 4.98 Å². The number of hydrogen-bond donors (Lipinski definition) is 2. The Balaban J connectivity index is 1.52. The number of nitrogens with zero attached hydrogens (tertiary/aromatic N) is 2. The first-order chi connectivity index (χ1) is 11.2. The van der Waals surface area contributed by atoms with Crippen LogP contribution in [0.25, 0.3) is 11.4 Å². The van der Waals surface area contributed by atoms with E-state index in [2.05, 4.69) is 20.8 Å². The molecule has 0 radical (unpaired) electrons. The van der Waals surface area contributed by atoms with Crippen LogP contribution in [0.1, 0.15) is 12.3 Å². The van der Waals surface area contributed by atoms with Gasteiger partial charge in [-0.15, -0.1) is 0 Å². The second-order valence-corrected chi connectivity index (χ2v) is 5.67. The van der Waals surface area contributed by atoms with E-state index >= 15 is 0 Å². The Bertz CT molecular complexity index is 670. The molecular weight excluding hydrogens is 320 g/mol. The summed E-state index contributed by atoms with van der Waals surface area (Å²) in [4.78, 5) is 16.1. The molecule has 122 valence electrons. The van der Waals surface area contributed by atoms with E-state index in [0.717, 1.165) is 12.1 Å². The van der Waals surface area contributed by atoms with Crippen LogP contribution in [0, 0.1) is 0 Å². The van der Waals surface area contributed by atoms with Gasteiger partial charge in [0.05, 0.1) is 19.8 Å². The zero-order valence-corrected chi connectivity index (χ0v) is 13.2. The Kier molecular flexibility index (Phi) is 5.22. The van der Waals surface area contributed by atoms with Gasteiger partial charge in [0.25, 0.3) is 0 Å². The first-order valence-corrected chi connectivity index (χ1v) is 7.75. The summed E-state index contributed by atoms with van der Waals surface area (Å²) in [6, 6.07) is 7.23. The number of rotatable bonds is 5. The fraction of sp³-hybridized carbons (Fsp3) is 0.400. The number of aromatic nitrogens is 2. The molecule has 3 rings (SSSR count). The summed E-state index contributed by atoms with van der Waals surface area (Å²) in [7, 11) is 0. The van der Waals surface area contributed by atoms with Crippen LogP contribution in [0.2, 0.25) is 5.02 Å². The van der Waals surface area contributed by atoms with Crippen molar-refractivity contribution >= 4 is 17.5 Å². The number of amides is 1. The molecule has 1 fully saturated rings. The molecular formula is C15H17ClN4O3. The van der Waals surface area contributed by atoms with Gasteiger partial charge in [-0.05, 0) is 12.1 Å². The largest absolute Gasteiger partial charge is 0.378 e. The highest BCUT2D eigenvalue weighted by molar-refractivity contribution is 6.30. The molecule has 2 N–H and O–H groups in total. The Morgan fingerprint density at radius 1 is 1.48 bits per heavy atom. The van der Waals surface area contributed by atoms with Crippen molar-refractivity contribution in [2.45, 2.75) is 19.0 Å². The SMILES string of the molecule is O=C(CC1COCCN1)NCc1nc(-c2cccc(Cl)c2)no1. The van der Waals surface area contributed by atoms with Crippen molar-refractivity contribution in [2.75, 3.05) is 19.8 Å². The fourth-order valence-corrected chi connectivity index (χ4v) is 2.48. The molecule has 1 aliphatic heterocycles. The average Bonchev–Trinajstić information content (AvgIpc) is 3.03. The molecule has 8 heteroatoms. The van der Waals surface area contributed by atoms with Crippen LogP contribution >= 0.6 is 11.6 Å². The summed E-state index contributed by atoms with van der Waals surface area (Å²) >= 11 is 5.94. The zero-order valence-electron chi connectivity index (χ0n) is 12.4. The first kappa shape index (κ1) is 15.9. The van der Waals surface area contributed by atoms with Gasteiger partial charge < -0.3 is 19.9 Å². The third-order valence-electron chi connectivity index (χ3n) is 3.42. The molecule has 1 aromatic heterocycles. The van der Waals surface area contributed by atoms with E-state index in [-0.39, 0.29) is 18.5 Å². The molecule has 0 saturated carbocycles. The molecule has 1 saturated heterocycles. The summed E-state index contributed by atoms with van der Waals surface area (Å²) in [6.45, 7) is 2.20. The topological polar surface area (TPSA) is 89.3 Å². The van der Waals surface area contributed by atoms with E-state index < -0.39 is 0 Å². The highest BCUT2D eigenvalue weighted by Crippen LogP contribution is 2.19. The standard InChI is InChI=1S/C15H17ClN4O3/c16-11-3-1-2-10(6-11)15-19-14(23-20-15)8-18-13(21)7-12-9-22-5-4-17-12/h1-3,6,12,17H,4-5,7-9H2,(H,18,21). The predicted octanol–water partition coefficient (Wildman–Crippen LogP) is 1.38. The van der Waals surface area contributed by atoms with Crippen LogP contribution in [-0.4, -0.2) is 41.8 Å². The lowest BCUT2D eigenvalue weighted by Crippen LogP contribution is -2.44. The number of hydrogen-bond acceptors (Lipinski definition) is 6. The van der Waals surface area contributed by atoms with Crippen molar-refractivity contribution in [1.82, 2.24) is 20.8 Å². The summed E-state index contributed by atoms with van der Waals surface area (Å²) < 4.78 is 10.5. The lowest BCUT2D eigenvalue weighted by Gasteiger charge is -2.23. The van der Waals surface area contributed by atoms with Crippen LogP contribution in [0.3, 0.4) is 0 Å². The molecule has 1 aliphatic rings. The van der Waals surface area contributed by atoms with Gasteiger partial charge in [-0.1, -0.05) is 28.9 Å². The molecule has 2 heterocycles. The van der Waals surface area contributed by atoms with Gasteiger partial charge in [-0.3, -0.25) is 4.79 Å². The van der Waals surface area contributed by atoms with Gasteiger partial charge in [0.1, 0.15) is 0 Å². The number of nitrogens with one attached hydrogen (secondary N) is 2. The third-order valence-corrected chi connectivity index (χ3v) is 3.65. The number of carbonyl (C=O) groups is 1. The smallest absolute Gasteiger partial charge is 0.246 e. The molecule has 1 atom stereocenters. The van der Waals surface area contributed by atoms with Gasteiger partial charge in [0.15, 0.2) is 0 Å². The first-order valence-electron chi connectivity index (χ1n) is 7.37. The predicted molar refractivity (Wildman–Crippen MR) is 83.8 cm³/mol. The summed E-state index contributed by atoms with van der Waals surface area (Å²) in [5.74, 6) is 0.704. The van der Waals surface area contributed by atoms with E-state index in [1.54, 1.807) is 12.1 Å². The molecule has 1 amide bonds. The van der Waals surface area contributed by atoms with Crippen molar-refractivity contribution in [3.63, 3.8) is 0 Å².